The molecule has 0 spiro atoms. The Morgan fingerprint density at radius 2 is 2.00 bits per heavy atom. The molecule has 1 aromatic carbocycles. The second kappa shape index (κ2) is 6.94. The van der Waals surface area contributed by atoms with Crippen LogP contribution in [-0.4, -0.2) is 11.2 Å². The summed E-state index contributed by atoms with van der Waals surface area (Å²) in [4.78, 5) is 0. The molecule has 2 rings (SSSR count). The van der Waals surface area contributed by atoms with Gasteiger partial charge in [-0.1, -0.05) is 56.5 Å². The molecule has 1 N–H and O–H groups in total. The molecule has 0 heterocycles. The van der Waals surface area contributed by atoms with Gasteiger partial charge < -0.3 is 5.11 Å². The Morgan fingerprint density at radius 1 is 1.22 bits per heavy atom. The molecule has 0 amide bonds. The number of aliphatic hydroxyl groups is 1. The molecule has 1 heteroatoms. The Bertz CT molecular complexity index is 333. The third-order valence-electron chi connectivity index (χ3n) is 4.52. The van der Waals surface area contributed by atoms with E-state index in [2.05, 4.69) is 31.2 Å². The van der Waals surface area contributed by atoms with E-state index in [0.29, 0.717) is 5.92 Å². The van der Waals surface area contributed by atoms with Gasteiger partial charge >= 0.3 is 0 Å². The highest BCUT2D eigenvalue weighted by molar-refractivity contribution is 5.14. The Kier molecular flexibility index (Phi) is 5.25. The fourth-order valence-electron chi connectivity index (χ4n) is 3.25. The van der Waals surface area contributed by atoms with E-state index in [4.69, 9.17) is 0 Å². The minimum atomic E-state index is -0.0976. The zero-order valence-electron chi connectivity index (χ0n) is 11.5. The summed E-state index contributed by atoms with van der Waals surface area (Å²) in [5, 5.41) is 10.3. The van der Waals surface area contributed by atoms with Gasteiger partial charge in [0.2, 0.25) is 0 Å². The molecule has 1 saturated carbocycles. The third kappa shape index (κ3) is 3.84. The van der Waals surface area contributed by atoms with Crippen molar-refractivity contribution < 1.29 is 5.11 Å². The first-order valence-corrected chi connectivity index (χ1v) is 7.51. The van der Waals surface area contributed by atoms with Gasteiger partial charge in [0.15, 0.2) is 0 Å². The molecule has 1 fully saturated rings. The predicted molar refractivity (Wildman–Crippen MR) is 76.5 cm³/mol. The first kappa shape index (κ1) is 13.6. The lowest BCUT2D eigenvalue weighted by atomic mass is 9.76. The highest BCUT2D eigenvalue weighted by Crippen LogP contribution is 2.33. The van der Waals surface area contributed by atoms with Gasteiger partial charge in [-0.15, -0.1) is 0 Å². The van der Waals surface area contributed by atoms with E-state index in [0.717, 1.165) is 18.8 Å². The van der Waals surface area contributed by atoms with Crippen molar-refractivity contribution in [3.63, 3.8) is 0 Å². The van der Waals surface area contributed by atoms with Crippen LogP contribution in [0.15, 0.2) is 30.3 Å². The Morgan fingerprint density at radius 3 is 2.72 bits per heavy atom. The van der Waals surface area contributed by atoms with Gasteiger partial charge in [0.25, 0.3) is 0 Å². The largest absolute Gasteiger partial charge is 0.393 e. The van der Waals surface area contributed by atoms with Crippen molar-refractivity contribution in [3.05, 3.63) is 35.9 Å². The summed E-state index contributed by atoms with van der Waals surface area (Å²) in [6, 6.07) is 10.5. The molecule has 1 aromatic rings. The van der Waals surface area contributed by atoms with E-state index in [-0.39, 0.29) is 6.10 Å². The first-order chi connectivity index (χ1) is 8.79. The van der Waals surface area contributed by atoms with Gasteiger partial charge in [0.05, 0.1) is 6.10 Å². The van der Waals surface area contributed by atoms with E-state index in [1.807, 2.05) is 6.07 Å². The molecule has 3 unspecified atom stereocenters. The van der Waals surface area contributed by atoms with Gasteiger partial charge in [-0.25, -0.2) is 0 Å². The summed E-state index contributed by atoms with van der Waals surface area (Å²) >= 11 is 0. The summed E-state index contributed by atoms with van der Waals surface area (Å²) in [5.41, 5.74) is 1.35. The molecular formula is C17H26O. The monoisotopic (exact) mass is 246 g/mol. The smallest absolute Gasteiger partial charge is 0.0571 e. The fraction of sp³-hybridized carbons (Fsp3) is 0.647. The average molecular weight is 246 g/mol. The number of aryl methyl sites for hydroxylation is 1. The lowest BCUT2D eigenvalue weighted by Crippen LogP contribution is -2.27. The lowest BCUT2D eigenvalue weighted by molar-refractivity contribution is 0.0618. The minimum Gasteiger partial charge on any atom is -0.393 e. The molecule has 1 nitrogen and oxygen atoms in total. The number of rotatable bonds is 5. The Labute approximate surface area is 111 Å². The highest BCUT2D eigenvalue weighted by atomic mass is 16.3. The van der Waals surface area contributed by atoms with Gasteiger partial charge in [0, 0.05) is 0 Å². The summed E-state index contributed by atoms with van der Waals surface area (Å²) in [6.07, 6.45) is 8.27. The molecule has 3 atom stereocenters. The zero-order valence-corrected chi connectivity index (χ0v) is 11.5. The predicted octanol–water partition coefficient (Wildman–Crippen LogP) is 4.20. The first-order valence-electron chi connectivity index (χ1n) is 7.51. The molecule has 1 aliphatic rings. The van der Waals surface area contributed by atoms with E-state index in [1.165, 1.54) is 37.7 Å². The maximum absolute atomic E-state index is 10.3. The molecular weight excluding hydrogens is 220 g/mol. The molecule has 0 saturated heterocycles. The van der Waals surface area contributed by atoms with Crippen molar-refractivity contribution in [2.24, 2.45) is 11.8 Å². The molecule has 0 bridgehead atoms. The zero-order chi connectivity index (χ0) is 12.8. The Balaban J connectivity index is 1.79. The second-order valence-electron chi connectivity index (χ2n) is 5.79. The van der Waals surface area contributed by atoms with E-state index >= 15 is 0 Å². The molecule has 100 valence electrons. The van der Waals surface area contributed by atoms with Crippen LogP contribution in [0.5, 0.6) is 0 Å². The van der Waals surface area contributed by atoms with Crippen LogP contribution in [0, 0.1) is 11.8 Å². The van der Waals surface area contributed by atoms with Crippen LogP contribution in [0.4, 0.5) is 0 Å². The van der Waals surface area contributed by atoms with Crippen LogP contribution < -0.4 is 0 Å². The lowest BCUT2D eigenvalue weighted by Gasteiger charge is -2.31. The van der Waals surface area contributed by atoms with Crippen LogP contribution in [0.1, 0.15) is 51.0 Å². The van der Waals surface area contributed by atoms with Gasteiger partial charge in [-0.05, 0) is 43.1 Å². The highest BCUT2D eigenvalue weighted by Gasteiger charge is 2.26. The number of benzene rings is 1. The maximum Gasteiger partial charge on any atom is 0.0571 e. The standard InChI is InChI=1S/C17H26O/c1-2-14-9-6-10-16(13-14)17(18)12-11-15-7-4-3-5-8-15/h3-5,7-8,14,16-18H,2,6,9-13H2,1H3. The third-order valence-corrected chi connectivity index (χ3v) is 4.52. The summed E-state index contributed by atoms with van der Waals surface area (Å²) in [6.45, 7) is 2.28. The van der Waals surface area contributed by atoms with E-state index < -0.39 is 0 Å². The second-order valence-corrected chi connectivity index (χ2v) is 5.79. The van der Waals surface area contributed by atoms with Crippen LogP contribution in [-0.2, 0) is 6.42 Å². The Hall–Kier alpha value is -0.820. The number of aliphatic hydroxyl groups excluding tert-OH is 1. The van der Waals surface area contributed by atoms with Crippen LogP contribution in [0.3, 0.4) is 0 Å². The van der Waals surface area contributed by atoms with Crippen molar-refractivity contribution in [3.8, 4) is 0 Å². The van der Waals surface area contributed by atoms with Gasteiger partial charge in [-0.3, -0.25) is 0 Å². The van der Waals surface area contributed by atoms with Gasteiger partial charge in [-0.2, -0.15) is 0 Å². The minimum absolute atomic E-state index is 0.0976. The number of hydrogen-bond donors (Lipinski definition) is 1. The van der Waals surface area contributed by atoms with Gasteiger partial charge in [0.1, 0.15) is 0 Å². The van der Waals surface area contributed by atoms with Crippen LogP contribution in [0.25, 0.3) is 0 Å². The molecule has 18 heavy (non-hydrogen) atoms. The van der Waals surface area contributed by atoms with Crippen LogP contribution in [0.2, 0.25) is 0 Å². The van der Waals surface area contributed by atoms with Crippen molar-refractivity contribution >= 4 is 0 Å². The normalized spacial score (nSPS) is 25.9. The summed E-state index contributed by atoms with van der Waals surface area (Å²) in [5.74, 6) is 1.41. The summed E-state index contributed by atoms with van der Waals surface area (Å²) in [7, 11) is 0. The SMILES string of the molecule is CCC1CCCC(C(O)CCc2ccccc2)C1. The van der Waals surface area contributed by atoms with E-state index in [9.17, 15) is 5.11 Å². The maximum atomic E-state index is 10.3. The molecule has 0 aromatic heterocycles. The average Bonchev–Trinajstić information content (AvgIpc) is 2.46. The van der Waals surface area contributed by atoms with Crippen molar-refractivity contribution in [2.45, 2.75) is 58.0 Å². The summed E-state index contributed by atoms with van der Waals surface area (Å²) < 4.78 is 0. The molecule has 0 aliphatic heterocycles. The van der Waals surface area contributed by atoms with Crippen molar-refractivity contribution in [1.29, 1.82) is 0 Å². The molecule has 1 aliphatic carbocycles. The quantitative estimate of drug-likeness (QED) is 0.825. The topological polar surface area (TPSA) is 20.2 Å². The van der Waals surface area contributed by atoms with Crippen molar-refractivity contribution in [2.75, 3.05) is 0 Å². The number of hydrogen-bond acceptors (Lipinski definition) is 1. The van der Waals surface area contributed by atoms with Crippen molar-refractivity contribution in [1.82, 2.24) is 0 Å². The van der Waals surface area contributed by atoms with E-state index in [1.54, 1.807) is 0 Å². The van der Waals surface area contributed by atoms with Crippen LogP contribution >= 0.6 is 0 Å². The fourth-order valence-corrected chi connectivity index (χ4v) is 3.25. The molecule has 0 radical (unpaired) electrons.